The second kappa shape index (κ2) is 9.79. The summed E-state index contributed by atoms with van der Waals surface area (Å²) >= 11 is 0. The zero-order valence-electron chi connectivity index (χ0n) is 18.5. The van der Waals surface area contributed by atoms with Crippen LogP contribution in [0.25, 0.3) is 6.08 Å². The fourth-order valence-corrected chi connectivity index (χ4v) is 5.67. The van der Waals surface area contributed by atoms with Crippen molar-refractivity contribution in [1.82, 2.24) is 0 Å². The van der Waals surface area contributed by atoms with Crippen LogP contribution in [0.2, 0.25) is 0 Å². The molecule has 0 amide bonds. The lowest BCUT2D eigenvalue weighted by Crippen LogP contribution is -2.14. The lowest BCUT2D eigenvalue weighted by Gasteiger charge is -2.29. The lowest BCUT2D eigenvalue weighted by molar-refractivity contribution is 0.304. The highest BCUT2D eigenvalue weighted by molar-refractivity contribution is 5.52. The molecule has 0 aliphatic heterocycles. The zero-order valence-corrected chi connectivity index (χ0v) is 18.5. The normalized spacial score (nSPS) is 24.6. The topological polar surface area (TPSA) is 0 Å². The monoisotopic (exact) mass is 386 g/mol. The number of rotatable bonds is 6. The standard InChI is InChI=1S/C29H38/c1-3-5-7-22-8-11-24(12-9-22)25-14-16-26(17-15-25)28-19-18-27-20-23(6-4-2)10-13-29(27)21-28/h4,6,10,13-17,20,22,24,28H,3,5,7-9,11-12,18-19,21H2,1-2H3/b6-4+. The van der Waals surface area contributed by atoms with Crippen molar-refractivity contribution < 1.29 is 0 Å². The van der Waals surface area contributed by atoms with E-state index >= 15 is 0 Å². The fourth-order valence-electron chi connectivity index (χ4n) is 5.67. The van der Waals surface area contributed by atoms with E-state index in [1.165, 1.54) is 69.8 Å². The van der Waals surface area contributed by atoms with Crippen molar-refractivity contribution >= 4 is 6.08 Å². The Hall–Kier alpha value is -1.82. The molecule has 1 saturated carbocycles. The Kier molecular flexibility index (Phi) is 6.90. The van der Waals surface area contributed by atoms with Crippen molar-refractivity contribution in [2.24, 2.45) is 5.92 Å². The average molecular weight is 387 g/mol. The number of hydrogen-bond acceptors (Lipinski definition) is 0. The molecule has 2 aromatic rings. The third-order valence-corrected chi connectivity index (χ3v) is 7.51. The summed E-state index contributed by atoms with van der Waals surface area (Å²) in [6.07, 6.45) is 18.0. The maximum atomic E-state index is 2.46. The predicted molar refractivity (Wildman–Crippen MR) is 127 cm³/mol. The van der Waals surface area contributed by atoms with Crippen LogP contribution in [0.5, 0.6) is 0 Å². The number of hydrogen-bond donors (Lipinski definition) is 0. The fraction of sp³-hybridized carbons (Fsp3) is 0.517. The summed E-state index contributed by atoms with van der Waals surface area (Å²) in [5.74, 6) is 2.49. The van der Waals surface area contributed by atoms with Crippen LogP contribution in [-0.2, 0) is 12.8 Å². The number of unbranched alkanes of at least 4 members (excludes halogenated alkanes) is 1. The van der Waals surface area contributed by atoms with Crippen molar-refractivity contribution in [1.29, 1.82) is 0 Å². The quantitative estimate of drug-likeness (QED) is 0.467. The highest BCUT2D eigenvalue weighted by atomic mass is 14.3. The van der Waals surface area contributed by atoms with Crippen LogP contribution < -0.4 is 0 Å². The lowest BCUT2D eigenvalue weighted by atomic mass is 9.76. The first-order valence-corrected chi connectivity index (χ1v) is 12.1. The average Bonchev–Trinajstić information content (AvgIpc) is 2.78. The Morgan fingerprint density at radius 3 is 2.24 bits per heavy atom. The van der Waals surface area contributed by atoms with Gasteiger partial charge in [0.25, 0.3) is 0 Å². The molecule has 2 aliphatic rings. The molecule has 0 saturated heterocycles. The summed E-state index contributed by atoms with van der Waals surface area (Å²) in [5, 5.41) is 0. The molecule has 1 atom stereocenters. The van der Waals surface area contributed by atoms with Gasteiger partial charge in [-0.3, -0.25) is 0 Å². The van der Waals surface area contributed by atoms with Crippen molar-refractivity contribution in [3.63, 3.8) is 0 Å². The molecule has 1 fully saturated rings. The molecule has 2 aliphatic carbocycles. The minimum absolute atomic E-state index is 0.689. The molecule has 154 valence electrons. The first-order valence-electron chi connectivity index (χ1n) is 12.1. The van der Waals surface area contributed by atoms with Crippen LogP contribution in [0.3, 0.4) is 0 Å². The third-order valence-electron chi connectivity index (χ3n) is 7.51. The van der Waals surface area contributed by atoms with Crippen LogP contribution in [0.15, 0.2) is 48.5 Å². The first-order chi connectivity index (χ1) is 14.3. The van der Waals surface area contributed by atoms with Crippen LogP contribution in [-0.4, -0.2) is 0 Å². The molecule has 0 radical (unpaired) electrons. The summed E-state index contributed by atoms with van der Waals surface area (Å²) in [6.45, 7) is 4.41. The first kappa shape index (κ1) is 20.5. The van der Waals surface area contributed by atoms with Gasteiger partial charge < -0.3 is 0 Å². The molecule has 0 heterocycles. The van der Waals surface area contributed by atoms with E-state index in [1.807, 2.05) is 0 Å². The smallest absolute Gasteiger partial charge is 0.0118 e. The van der Waals surface area contributed by atoms with Gasteiger partial charge in [0.05, 0.1) is 0 Å². The van der Waals surface area contributed by atoms with Gasteiger partial charge in [-0.1, -0.05) is 80.8 Å². The summed E-state index contributed by atoms with van der Waals surface area (Å²) in [7, 11) is 0. The SMILES string of the molecule is C/C=C/c1ccc2c(c1)CCC(c1ccc(C3CCC(CCCC)CC3)cc1)C2. The summed E-state index contributed by atoms with van der Waals surface area (Å²) in [6, 6.07) is 16.8. The van der Waals surface area contributed by atoms with Gasteiger partial charge in [-0.15, -0.1) is 0 Å². The Labute approximate surface area is 178 Å². The second-order valence-electron chi connectivity index (χ2n) is 9.49. The van der Waals surface area contributed by atoms with E-state index in [1.54, 1.807) is 22.3 Å². The molecule has 4 rings (SSSR count). The Balaban J connectivity index is 1.36. The largest absolute Gasteiger partial charge is 0.0871 e. The molecule has 0 heteroatoms. The van der Waals surface area contributed by atoms with Crippen molar-refractivity contribution in [2.75, 3.05) is 0 Å². The van der Waals surface area contributed by atoms with Gasteiger partial charge >= 0.3 is 0 Å². The highest BCUT2D eigenvalue weighted by Gasteiger charge is 2.23. The predicted octanol–water partition coefficient (Wildman–Crippen LogP) is 8.46. The second-order valence-corrected chi connectivity index (χ2v) is 9.49. The molecule has 0 spiro atoms. The minimum atomic E-state index is 0.689. The van der Waals surface area contributed by atoms with Gasteiger partial charge in [-0.05, 0) is 97.4 Å². The van der Waals surface area contributed by atoms with Gasteiger partial charge in [0.2, 0.25) is 0 Å². The highest BCUT2D eigenvalue weighted by Crippen LogP contribution is 2.39. The van der Waals surface area contributed by atoms with Crippen LogP contribution in [0.1, 0.15) is 105 Å². The molecule has 0 bridgehead atoms. The van der Waals surface area contributed by atoms with Crippen LogP contribution in [0, 0.1) is 5.92 Å². The minimum Gasteiger partial charge on any atom is -0.0871 e. The number of fused-ring (bicyclic) bond motifs is 1. The van der Waals surface area contributed by atoms with Crippen molar-refractivity contribution in [3.05, 3.63) is 76.4 Å². The molecule has 0 N–H and O–H groups in total. The number of allylic oxidation sites excluding steroid dienone is 1. The number of benzene rings is 2. The van der Waals surface area contributed by atoms with E-state index in [9.17, 15) is 0 Å². The van der Waals surface area contributed by atoms with Gasteiger partial charge in [0, 0.05) is 0 Å². The Morgan fingerprint density at radius 2 is 1.55 bits per heavy atom. The van der Waals surface area contributed by atoms with Crippen LogP contribution in [0.4, 0.5) is 0 Å². The molecule has 0 aromatic heterocycles. The molecule has 0 nitrogen and oxygen atoms in total. The summed E-state index contributed by atoms with van der Waals surface area (Å²) in [5.41, 5.74) is 7.61. The maximum Gasteiger partial charge on any atom is -0.0118 e. The van der Waals surface area contributed by atoms with Gasteiger partial charge in [0.15, 0.2) is 0 Å². The van der Waals surface area contributed by atoms with E-state index in [2.05, 4.69) is 68.5 Å². The molecule has 2 aromatic carbocycles. The summed E-state index contributed by atoms with van der Waals surface area (Å²) < 4.78 is 0. The molecule has 1 unspecified atom stereocenters. The maximum absolute atomic E-state index is 2.46. The third kappa shape index (κ3) is 5.03. The number of aryl methyl sites for hydroxylation is 1. The van der Waals surface area contributed by atoms with E-state index in [-0.39, 0.29) is 0 Å². The zero-order chi connectivity index (χ0) is 20.1. The Bertz CT molecular complexity index is 802. The van der Waals surface area contributed by atoms with E-state index in [0.29, 0.717) is 5.92 Å². The van der Waals surface area contributed by atoms with Crippen molar-refractivity contribution in [2.45, 2.75) is 89.9 Å². The van der Waals surface area contributed by atoms with Gasteiger partial charge in [-0.2, -0.15) is 0 Å². The summed E-state index contributed by atoms with van der Waals surface area (Å²) in [4.78, 5) is 0. The van der Waals surface area contributed by atoms with Gasteiger partial charge in [0.1, 0.15) is 0 Å². The Morgan fingerprint density at radius 1 is 0.828 bits per heavy atom. The van der Waals surface area contributed by atoms with Gasteiger partial charge in [-0.25, -0.2) is 0 Å². The molecular formula is C29H38. The van der Waals surface area contributed by atoms with Crippen molar-refractivity contribution in [3.8, 4) is 0 Å². The van der Waals surface area contributed by atoms with E-state index in [0.717, 1.165) is 11.8 Å². The molecule has 29 heavy (non-hydrogen) atoms. The molecular weight excluding hydrogens is 348 g/mol. The van der Waals surface area contributed by atoms with E-state index < -0.39 is 0 Å². The van der Waals surface area contributed by atoms with E-state index in [4.69, 9.17) is 0 Å². The van der Waals surface area contributed by atoms with Crippen LogP contribution >= 0.6 is 0 Å².